The second-order valence-corrected chi connectivity index (χ2v) is 9.89. The largest absolute Gasteiger partial charge is 0.512 e. The van der Waals surface area contributed by atoms with E-state index in [1.165, 1.54) is 0 Å². The quantitative estimate of drug-likeness (QED) is 0.334. The van der Waals surface area contributed by atoms with Crippen molar-refractivity contribution in [3.8, 4) is 11.6 Å². The van der Waals surface area contributed by atoms with Crippen LogP contribution in [0.3, 0.4) is 0 Å². The lowest BCUT2D eigenvalue weighted by molar-refractivity contribution is -0.0694. The molecule has 1 aromatic heterocycles. The Morgan fingerprint density at radius 1 is 1.29 bits per heavy atom. The van der Waals surface area contributed by atoms with Gasteiger partial charge < -0.3 is 34.9 Å². The standard InChI is InChI=1S/C26H32ClN3O5/c1-30(2)15-17-11-19(9-10-26(17,33)16-5-4-6-20(12-16)34-3)28-14-22-21-13-18(27)7-8-23(21)29-24(22)35-25(31)32/h4-8,12-13,17,19,28-29,33H,9-11,14-15H2,1-3H3,(H,31,32). The fraction of sp³-hybridized carbons (Fsp3) is 0.423. The van der Waals surface area contributed by atoms with Crippen molar-refractivity contribution in [2.75, 3.05) is 27.7 Å². The number of benzene rings is 2. The number of hydrogen-bond acceptors (Lipinski definition) is 6. The molecule has 0 spiro atoms. The van der Waals surface area contributed by atoms with E-state index in [1.54, 1.807) is 25.3 Å². The van der Waals surface area contributed by atoms with Gasteiger partial charge in [0.1, 0.15) is 5.75 Å². The first-order chi connectivity index (χ1) is 16.7. The van der Waals surface area contributed by atoms with E-state index in [2.05, 4.69) is 15.2 Å². The zero-order valence-electron chi connectivity index (χ0n) is 20.2. The highest BCUT2D eigenvalue weighted by Gasteiger charge is 2.43. The molecule has 0 amide bonds. The molecule has 1 fully saturated rings. The molecule has 1 heterocycles. The zero-order valence-corrected chi connectivity index (χ0v) is 20.9. The van der Waals surface area contributed by atoms with Gasteiger partial charge in [-0.3, -0.25) is 0 Å². The number of aromatic nitrogens is 1. The Labute approximate surface area is 209 Å². The van der Waals surface area contributed by atoms with Crippen LogP contribution in [0.25, 0.3) is 10.9 Å². The summed E-state index contributed by atoms with van der Waals surface area (Å²) in [4.78, 5) is 16.4. The van der Waals surface area contributed by atoms with E-state index in [-0.39, 0.29) is 17.8 Å². The average Bonchev–Trinajstić information content (AvgIpc) is 3.14. The van der Waals surface area contributed by atoms with E-state index in [1.807, 2.05) is 38.4 Å². The molecule has 8 nitrogen and oxygen atoms in total. The molecule has 188 valence electrons. The molecule has 3 atom stereocenters. The predicted octanol–water partition coefficient (Wildman–Crippen LogP) is 4.59. The number of fused-ring (bicyclic) bond motifs is 1. The summed E-state index contributed by atoms with van der Waals surface area (Å²) in [7, 11) is 5.64. The Balaban J connectivity index is 1.55. The summed E-state index contributed by atoms with van der Waals surface area (Å²) in [5.74, 6) is 0.905. The Hall–Kier alpha value is -2.78. The van der Waals surface area contributed by atoms with Crippen molar-refractivity contribution in [2.24, 2.45) is 5.92 Å². The third kappa shape index (κ3) is 5.56. The molecule has 3 aromatic rings. The number of aromatic amines is 1. The van der Waals surface area contributed by atoms with Crippen molar-refractivity contribution in [1.82, 2.24) is 15.2 Å². The summed E-state index contributed by atoms with van der Waals surface area (Å²) in [5, 5.41) is 26.0. The monoisotopic (exact) mass is 501 g/mol. The number of nitrogens with zero attached hydrogens (tertiary/aromatic N) is 1. The number of hydrogen-bond donors (Lipinski definition) is 4. The smallest absolute Gasteiger partial charge is 0.497 e. The molecule has 4 rings (SSSR count). The van der Waals surface area contributed by atoms with Crippen molar-refractivity contribution >= 4 is 28.7 Å². The maximum Gasteiger partial charge on any atom is 0.512 e. The number of halogens is 1. The summed E-state index contributed by atoms with van der Waals surface area (Å²) in [6.45, 7) is 1.13. The van der Waals surface area contributed by atoms with Crippen molar-refractivity contribution in [2.45, 2.75) is 37.5 Å². The molecular formula is C26H32ClN3O5. The Morgan fingerprint density at radius 2 is 2.09 bits per heavy atom. The third-order valence-electron chi connectivity index (χ3n) is 6.86. The maximum atomic E-state index is 11.8. The fourth-order valence-corrected chi connectivity index (χ4v) is 5.34. The maximum absolute atomic E-state index is 11.8. The van der Waals surface area contributed by atoms with Crippen LogP contribution in [0, 0.1) is 5.92 Å². The van der Waals surface area contributed by atoms with Crippen LogP contribution in [0.1, 0.15) is 30.4 Å². The molecule has 1 saturated carbocycles. The van der Waals surface area contributed by atoms with E-state index >= 15 is 0 Å². The molecule has 0 radical (unpaired) electrons. The molecule has 35 heavy (non-hydrogen) atoms. The number of rotatable bonds is 8. The highest BCUT2D eigenvalue weighted by molar-refractivity contribution is 6.31. The first kappa shape index (κ1) is 25.3. The third-order valence-corrected chi connectivity index (χ3v) is 7.09. The molecule has 3 unspecified atom stereocenters. The van der Waals surface area contributed by atoms with Crippen LogP contribution < -0.4 is 14.8 Å². The van der Waals surface area contributed by atoms with E-state index in [4.69, 9.17) is 21.1 Å². The van der Waals surface area contributed by atoms with Gasteiger partial charge in [-0.15, -0.1) is 0 Å². The molecule has 4 N–H and O–H groups in total. The van der Waals surface area contributed by atoms with Crippen molar-refractivity contribution in [3.63, 3.8) is 0 Å². The van der Waals surface area contributed by atoms with Gasteiger partial charge in [-0.2, -0.15) is 0 Å². The summed E-state index contributed by atoms with van der Waals surface area (Å²) >= 11 is 6.20. The van der Waals surface area contributed by atoms with Crippen LogP contribution in [0.4, 0.5) is 4.79 Å². The topological polar surface area (TPSA) is 107 Å². The van der Waals surface area contributed by atoms with Gasteiger partial charge in [-0.25, -0.2) is 4.79 Å². The van der Waals surface area contributed by atoms with Gasteiger partial charge in [-0.1, -0.05) is 23.7 Å². The molecule has 2 aromatic carbocycles. The molecule has 0 bridgehead atoms. The average molecular weight is 502 g/mol. The van der Waals surface area contributed by atoms with Gasteiger partial charge in [0, 0.05) is 46.5 Å². The summed E-state index contributed by atoms with van der Waals surface area (Å²) in [6.07, 6.45) is 0.727. The Morgan fingerprint density at radius 3 is 2.80 bits per heavy atom. The van der Waals surface area contributed by atoms with Gasteiger partial charge in [-0.05, 0) is 69.3 Å². The van der Waals surface area contributed by atoms with Gasteiger partial charge in [0.05, 0.1) is 12.7 Å². The van der Waals surface area contributed by atoms with Gasteiger partial charge >= 0.3 is 6.16 Å². The predicted molar refractivity (Wildman–Crippen MR) is 135 cm³/mol. The van der Waals surface area contributed by atoms with Gasteiger partial charge in [0.15, 0.2) is 0 Å². The molecule has 0 aliphatic heterocycles. The molecule has 0 saturated heterocycles. The van der Waals surface area contributed by atoms with Gasteiger partial charge in [0.25, 0.3) is 0 Å². The fourth-order valence-electron chi connectivity index (χ4n) is 5.17. The summed E-state index contributed by atoms with van der Waals surface area (Å²) < 4.78 is 10.4. The second kappa shape index (κ2) is 10.5. The molecular weight excluding hydrogens is 470 g/mol. The van der Waals surface area contributed by atoms with E-state index in [9.17, 15) is 15.0 Å². The molecule has 1 aliphatic rings. The lowest BCUT2D eigenvalue weighted by Gasteiger charge is -2.45. The Bertz CT molecular complexity index is 1200. The number of carbonyl (C=O) groups is 1. The van der Waals surface area contributed by atoms with Crippen LogP contribution in [0.15, 0.2) is 42.5 Å². The van der Waals surface area contributed by atoms with Crippen LogP contribution in [0.5, 0.6) is 11.6 Å². The van der Waals surface area contributed by atoms with E-state index in [0.29, 0.717) is 23.6 Å². The van der Waals surface area contributed by atoms with Crippen LogP contribution >= 0.6 is 11.6 Å². The van der Waals surface area contributed by atoms with E-state index in [0.717, 1.165) is 41.6 Å². The summed E-state index contributed by atoms with van der Waals surface area (Å²) in [5.41, 5.74) is 1.36. The van der Waals surface area contributed by atoms with Crippen LogP contribution in [0.2, 0.25) is 5.02 Å². The highest BCUT2D eigenvalue weighted by Crippen LogP contribution is 2.43. The SMILES string of the molecule is COc1cccc(C2(O)CCC(NCc3c(OC(=O)O)[nH]c4ccc(Cl)cc34)CC2CN(C)C)c1. The van der Waals surface area contributed by atoms with Gasteiger partial charge in [0.2, 0.25) is 5.88 Å². The van der Waals surface area contributed by atoms with Crippen LogP contribution in [-0.2, 0) is 12.1 Å². The van der Waals surface area contributed by atoms with Crippen molar-refractivity contribution in [1.29, 1.82) is 0 Å². The first-order valence-corrected chi connectivity index (χ1v) is 12.0. The Kier molecular flexibility index (Phi) is 7.56. The lowest BCUT2D eigenvalue weighted by Crippen LogP contribution is -2.49. The first-order valence-electron chi connectivity index (χ1n) is 11.7. The minimum atomic E-state index is -1.38. The molecule has 1 aliphatic carbocycles. The van der Waals surface area contributed by atoms with Crippen molar-refractivity contribution in [3.05, 3.63) is 58.6 Å². The number of methoxy groups -OCH3 is 1. The number of H-pyrrole nitrogens is 1. The minimum Gasteiger partial charge on any atom is -0.497 e. The van der Waals surface area contributed by atoms with Crippen molar-refractivity contribution < 1.29 is 24.5 Å². The number of carboxylic acid groups (broad SMARTS) is 1. The second-order valence-electron chi connectivity index (χ2n) is 9.46. The molecule has 9 heteroatoms. The highest BCUT2D eigenvalue weighted by atomic mass is 35.5. The van der Waals surface area contributed by atoms with Crippen LogP contribution in [-0.4, -0.2) is 60.0 Å². The lowest BCUT2D eigenvalue weighted by atomic mass is 9.69. The number of aliphatic hydroxyl groups is 1. The number of ether oxygens (including phenoxy) is 2. The van der Waals surface area contributed by atoms with E-state index < -0.39 is 11.8 Å². The summed E-state index contributed by atoms with van der Waals surface area (Å²) in [6, 6.07) is 13.2. The number of nitrogens with one attached hydrogen (secondary N) is 2. The normalized spacial score (nSPS) is 22.5. The minimum absolute atomic E-state index is 0.0111. The zero-order chi connectivity index (χ0) is 25.2.